The third kappa shape index (κ3) is 9.66. The van der Waals surface area contributed by atoms with Gasteiger partial charge in [0.15, 0.2) is 0 Å². The summed E-state index contributed by atoms with van der Waals surface area (Å²) in [6.07, 6.45) is 0. The second-order valence-electron chi connectivity index (χ2n) is 2.92. The standard InChI is InChI=1S/2C6H5O2.Fe.2Na/c2*7-6(8)5-3-1-2-4-5;;;/h2*1-4H,(H,7,8);;;/q-5;-1;;2*+1/p-2. The van der Waals surface area contributed by atoms with Crippen LogP contribution in [0.5, 0.6) is 0 Å². The minimum absolute atomic E-state index is 0. The van der Waals surface area contributed by atoms with E-state index in [0.29, 0.717) is 0 Å². The zero-order chi connectivity index (χ0) is 12.0. The van der Waals surface area contributed by atoms with Gasteiger partial charge in [0.1, 0.15) is 0 Å². The molecule has 7 heteroatoms. The third-order valence-electron chi connectivity index (χ3n) is 1.80. The number of carbonyl (C=O) groups excluding carboxylic acids is 2. The van der Waals surface area contributed by atoms with Crippen molar-refractivity contribution in [2.45, 2.75) is 0 Å². The Kier molecular flexibility index (Phi) is 16.8. The average Bonchev–Trinajstić information content (AvgIpc) is 2.93. The second-order valence-corrected chi connectivity index (χ2v) is 2.92. The van der Waals surface area contributed by atoms with Gasteiger partial charge < -0.3 is 55.6 Å². The van der Waals surface area contributed by atoms with E-state index in [9.17, 15) is 19.8 Å². The van der Waals surface area contributed by atoms with E-state index >= 15 is 0 Å². The van der Waals surface area contributed by atoms with Crippen molar-refractivity contribution in [2.24, 2.45) is 0 Å². The van der Waals surface area contributed by atoms with Crippen LogP contribution >= 0.6 is 0 Å². The van der Waals surface area contributed by atoms with Crippen molar-refractivity contribution in [1.29, 1.82) is 0 Å². The van der Waals surface area contributed by atoms with Gasteiger partial charge in [-0.1, -0.05) is 0 Å². The zero-order valence-corrected chi connectivity index (χ0v) is 15.7. The molecule has 0 aliphatic carbocycles. The first kappa shape index (κ1) is 24.2. The molecule has 0 amide bonds. The summed E-state index contributed by atoms with van der Waals surface area (Å²) in [5, 5.41) is 19.9. The van der Waals surface area contributed by atoms with Gasteiger partial charge in [0.25, 0.3) is 0 Å². The summed E-state index contributed by atoms with van der Waals surface area (Å²) < 4.78 is 0. The molecule has 0 heterocycles. The molecule has 0 radical (unpaired) electrons. The Bertz CT molecular complexity index is 408. The molecule has 0 bridgehead atoms. The zero-order valence-electron chi connectivity index (χ0n) is 10.6. The Morgan fingerprint density at radius 2 is 1.32 bits per heavy atom. The minimum atomic E-state index is -1.12. The van der Waals surface area contributed by atoms with E-state index < -0.39 is 11.9 Å². The minimum Gasteiger partial charge on any atom is -0.748 e. The van der Waals surface area contributed by atoms with Crippen LogP contribution in [0.25, 0.3) is 0 Å². The van der Waals surface area contributed by atoms with Crippen LogP contribution < -0.4 is 69.3 Å². The van der Waals surface area contributed by atoms with Crippen LogP contribution in [0.15, 0.2) is 48.5 Å². The fourth-order valence-electron chi connectivity index (χ4n) is 1.02. The van der Waals surface area contributed by atoms with Crippen molar-refractivity contribution in [2.75, 3.05) is 0 Å². The van der Waals surface area contributed by atoms with Crippen LogP contribution in [0.1, 0.15) is 20.7 Å². The first-order chi connectivity index (χ1) is 7.61. The molecule has 2 aromatic carbocycles. The Labute approximate surface area is 166 Å². The summed E-state index contributed by atoms with van der Waals surface area (Å²) in [5.41, 5.74) is 0.481. The van der Waals surface area contributed by atoms with E-state index in [1.54, 1.807) is 24.3 Å². The van der Waals surface area contributed by atoms with Gasteiger partial charge in [-0.15, -0.1) is 5.56 Å². The number of aromatic carboxylic acids is 2. The van der Waals surface area contributed by atoms with Crippen LogP contribution in [0.4, 0.5) is 0 Å². The maximum Gasteiger partial charge on any atom is 1.00 e. The molecule has 19 heavy (non-hydrogen) atoms. The molecule has 0 aromatic heterocycles. The Balaban J connectivity index is -0.000000233. The molecule has 96 valence electrons. The van der Waals surface area contributed by atoms with E-state index in [1.807, 2.05) is 0 Å². The summed E-state index contributed by atoms with van der Waals surface area (Å²) in [6.45, 7) is 0. The van der Waals surface area contributed by atoms with Gasteiger partial charge in [-0.3, -0.25) is 0 Å². The van der Waals surface area contributed by atoms with Gasteiger partial charge in [-0.25, -0.2) is 12.1 Å². The third-order valence-corrected chi connectivity index (χ3v) is 1.80. The SMILES string of the molecule is O=C([O-])[c-]1[cH-][cH-][cH-][cH-]1.O=C([O-])[c-]1cccc1.[Fe].[Na+].[Na+]. The van der Waals surface area contributed by atoms with Gasteiger partial charge in [0.2, 0.25) is 0 Å². The topological polar surface area (TPSA) is 80.3 Å². The van der Waals surface area contributed by atoms with E-state index in [4.69, 9.17) is 0 Å². The first-order valence-corrected chi connectivity index (χ1v) is 4.47. The molecule has 0 aliphatic heterocycles. The smallest absolute Gasteiger partial charge is 0.748 e. The quantitative estimate of drug-likeness (QED) is 0.407. The van der Waals surface area contributed by atoms with Gasteiger partial charge >= 0.3 is 59.1 Å². The van der Waals surface area contributed by atoms with E-state index in [1.165, 1.54) is 24.3 Å². The van der Waals surface area contributed by atoms with Gasteiger partial charge in [-0.2, -0.15) is 12.1 Å². The molecule has 0 atom stereocenters. The summed E-state index contributed by atoms with van der Waals surface area (Å²) in [7, 11) is 0. The summed E-state index contributed by atoms with van der Waals surface area (Å²) in [6, 6.07) is 12.6. The first-order valence-electron chi connectivity index (χ1n) is 4.47. The monoisotopic (exact) mass is 318 g/mol. The predicted octanol–water partition coefficient (Wildman–Crippen LogP) is -6.46. The Morgan fingerprint density at radius 3 is 1.53 bits per heavy atom. The maximum atomic E-state index is 9.95. The summed E-state index contributed by atoms with van der Waals surface area (Å²) in [4.78, 5) is 19.9. The molecule has 2 rings (SSSR count). The largest absolute Gasteiger partial charge is 1.00 e. The van der Waals surface area contributed by atoms with Crippen molar-refractivity contribution >= 4 is 11.9 Å². The van der Waals surface area contributed by atoms with Crippen LogP contribution in [0, 0.1) is 0 Å². The number of carbonyl (C=O) groups is 2. The number of carboxylic acid groups (broad SMARTS) is 2. The Morgan fingerprint density at radius 1 is 0.895 bits per heavy atom. The van der Waals surface area contributed by atoms with Gasteiger partial charge in [-0.05, 0) is 0 Å². The molecule has 4 nitrogen and oxygen atoms in total. The molecule has 0 unspecified atom stereocenters. The molecular weight excluding hydrogens is 310 g/mol. The van der Waals surface area contributed by atoms with E-state index in [2.05, 4.69) is 0 Å². The Hall–Kier alpha value is 0.159. The fourth-order valence-corrected chi connectivity index (χ4v) is 1.02. The van der Waals surface area contributed by atoms with Crippen molar-refractivity contribution in [1.82, 2.24) is 0 Å². The number of hydrogen-bond donors (Lipinski definition) is 0. The number of carboxylic acids is 2. The van der Waals surface area contributed by atoms with E-state index in [0.717, 1.165) is 0 Å². The van der Waals surface area contributed by atoms with Crippen LogP contribution in [0.3, 0.4) is 0 Å². The fraction of sp³-hybridized carbons (Fsp3) is 0. The van der Waals surface area contributed by atoms with Crippen molar-refractivity contribution in [3.63, 3.8) is 0 Å². The molecule has 0 fully saturated rings. The average molecular weight is 318 g/mol. The van der Waals surface area contributed by atoms with E-state index in [-0.39, 0.29) is 87.3 Å². The second kappa shape index (κ2) is 13.2. The van der Waals surface area contributed by atoms with Crippen LogP contribution in [0.2, 0.25) is 0 Å². The molecule has 0 saturated carbocycles. The molecule has 2 aromatic rings. The molecule has 0 spiro atoms. The maximum absolute atomic E-state index is 9.95. The summed E-state index contributed by atoms with van der Waals surface area (Å²) >= 11 is 0. The number of rotatable bonds is 2. The van der Waals surface area contributed by atoms with Crippen molar-refractivity contribution < 1.29 is 96.0 Å². The molecule has 0 aliphatic rings. The van der Waals surface area contributed by atoms with Crippen LogP contribution in [-0.4, -0.2) is 11.9 Å². The van der Waals surface area contributed by atoms with Crippen molar-refractivity contribution in [3.05, 3.63) is 59.7 Å². The molecule has 0 N–H and O–H groups in total. The van der Waals surface area contributed by atoms with Crippen molar-refractivity contribution in [3.8, 4) is 0 Å². The normalized spacial score (nSPS) is 7.58. The number of hydrogen-bond acceptors (Lipinski definition) is 4. The molecular formula is C12H8FeNa2O4-6. The van der Waals surface area contributed by atoms with Crippen LogP contribution in [-0.2, 0) is 17.1 Å². The van der Waals surface area contributed by atoms with Gasteiger partial charge in [0.05, 0.1) is 0 Å². The summed E-state index contributed by atoms with van der Waals surface area (Å²) in [5.74, 6) is -2.23. The molecule has 0 saturated heterocycles. The van der Waals surface area contributed by atoms with Gasteiger partial charge in [0, 0.05) is 23.0 Å². The predicted molar refractivity (Wildman–Crippen MR) is 52.7 cm³/mol.